The van der Waals surface area contributed by atoms with Crippen LogP contribution in [0.15, 0.2) is 47.4 Å². The van der Waals surface area contributed by atoms with E-state index in [1.165, 1.54) is 24.3 Å². The number of nitrogens with one attached hydrogen (secondary N) is 1. The second-order valence-electron chi connectivity index (χ2n) is 10.2. The zero-order chi connectivity index (χ0) is 37.0. The summed E-state index contributed by atoms with van der Waals surface area (Å²) in [5, 5.41) is 19.2. The minimum absolute atomic E-state index is 0.0695. The number of pyridine rings is 1. The molecular formula is C27H25ClF6N10O6. The van der Waals surface area contributed by atoms with Crippen LogP contribution in [0.4, 0.5) is 26.3 Å². The van der Waals surface area contributed by atoms with Crippen molar-refractivity contribution in [2.24, 2.45) is 11.5 Å². The number of aliphatic hydroxyl groups is 1. The minimum Gasteiger partial charge on any atom is -0.451 e. The molecule has 0 saturated heterocycles. The highest BCUT2D eigenvalue weighted by Crippen LogP contribution is 2.33. The molecule has 0 aliphatic heterocycles. The summed E-state index contributed by atoms with van der Waals surface area (Å²) < 4.78 is 89.6. The van der Waals surface area contributed by atoms with Crippen LogP contribution in [-0.4, -0.2) is 88.5 Å². The molecule has 50 heavy (non-hydrogen) atoms. The first-order chi connectivity index (χ1) is 23.4. The highest BCUT2D eigenvalue weighted by Gasteiger charge is 2.44. The fraction of sp³-hybridized carbons (Fsp3) is 0.333. The number of benzene rings is 1. The van der Waals surface area contributed by atoms with E-state index in [0.29, 0.717) is 20.0 Å². The van der Waals surface area contributed by atoms with E-state index in [9.17, 15) is 45.5 Å². The Morgan fingerprint density at radius 1 is 1.06 bits per heavy atom. The lowest BCUT2D eigenvalue weighted by Gasteiger charge is -2.21. The van der Waals surface area contributed by atoms with Crippen molar-refractivity contribution in [2.45, 2.75) is 44.0 Å². The number of hydrogen-bond donors (Lipinski definition) is 4. The van der Waals surface area contributed by atoms with Crippen LogP contribution in [0.3, 0.4) is 0 Å². The lowest BCUT2D eigenvalue weighted by Crippen LogP contribution is -2.44. The quantitative estimate of drug-likeness (QED) is 0.111. The predicted molar refractivity (Wildman–Crippen MR) is 157 cm³/mol. The van der Waals surface area contributed by atoms with Gasteiger partial charge in [0.2, 0.25) is 17.8 Å². The summed E-state index contributed by atoms with van der Waals surface area (Å²) in [6, 6.07) is 5.63. The first-order valence-corrected chi connectivity index (χ1v) is 14.4. The molecule has 16 nitrogen and oxygen atoms in total. The van der Waals surface area contributed by atoms with Gasteiger partial charge in [0, 0.05) is 23.3 Å². The molecule has 4 aromatic rings. The first-order valence-electron chi connectivity index (χ1n) is 14.0. The number of rotatable bonds is 13. The molecule has 0 aliphatic carbocycles. The largest absolute Gasteiger partial charge is 0.451 e. The van der Waals surface area contributed by atoms with Gasteiger partial charge in [-0.1, -0.05) is 11.6 Å². The van der Waals surface area contributed by atoms with Crippen LogP contribution in [0.5, 0.6) is 0 Å². The normalized spacial score (nSPS) is 13.1. The fourth-order valence-corrected chi connectivity index (χ4v) is 4.39. The first kappa shape index (κ1) is 37.5. The van der Waals surface area contributed by atoms with Crippen LogP contribution in [0.2, 0.25) is 5.02 Å². The van der Waals surface area contributed by atoms with E-state index < -0.39 is 104 Å². The van der Waals surface area contributed by atoms with E-state index in [0.717, 1.165) is 12.3 Å². The smallest absolute Gasteiger partial charge is 0.427 e. The number of primary amides is 1. The molecule has 3 heterocycles. The number of nitrogens with zero attached hydrogens (tertiary/aromatic N) is 7. The van der Waals surface area contributed by atoms with E-state index >= 15 is 0 Å². The van der Waals surface area contributed by atoms with Crippen LogP contribution in [0.25, 0.3) is 17.2 Å². The Morgan fingerprint density at radius 3 is 2.34 bits per heavy atom. The predicted octanol–water partition coefficient (Wildman–Crippen LogP) is 0.807. The van der Waals surface area contributed by atoms with Crippen molar-refractivity contribution in [3.63, 3.8) is 0 Å². The molecule has 0 bridgehead atoms. The number of halogens is 7. The van der Waals surface area contributed by atoms with Gasteiger partial charge in [-0.3, -0.25) is 19.0 Å². The summed E-state index contributed by atoms with van der Waals surface area (Å²) in [7, 11) is 0. The van der Waals surface area contributed by atoms with Gasteiger partial charge in [0.05, 0.1) is 19.6 Å². The Kier molecular flexibility index (Phi) is 11.3. The molecule has 0 unspecified atom stereocenters. The van der Waals surface area contributed by atoms with Crippen molar-refractivity contribution in [3.8, 4) is 17.2 Å². The highest BCUT2D eigenvalue weighted by molar-refractivity contribution is 6.30. The summed E-state index contributed by atoms with van der Waals surface area (Å²) in [5.74, 6) is -6.20. The third kappa shape index (κ3) is 8.81. The van der Waals surface area contributed by atoms with Crippen molar-refractivity contribution in [3.05, 3.63) is 75.3 Å². The second-order valence-corrected chi connectivity index (χ2v) is 10.7. The lowest BCUT2D eigenvalue weighted by atomic mass is 10.2. The molecule has 1 aromatic carbocycles. The third-order valence-electron chi connectivity index (χ3n) is 6.63. The number of ether oxygens (including phenoxy) is 1. The van der Waals surface area contributed by atoms with Gasteiger partial charge in [-0.15, -0.1) is 10.2 Å². The number of aliphatic hydroxyl groups excluding tert-OH is 1. The van der Waals surface area contributed by atoms with Crippen molar-refractivity contribution >= 4 is 29.4 Å². The molecule has 0 radical (unpaired) electrons. The number of hydrogen-bond acceptors (Lipinski definition) is 11. The molecule has 0 spiro atoms. The number of aromatic nitrogens is 7. The van der Waals surface area contributed by atoms with Crippen LogP contribution in [0, 0.1) is 0 Å². The van der Waals surface area contributed by atoms with Crippen LogP contribution < -0.4 is 22.5 Å². The fourth-order valence-electron chi connectivity index (χ4n) is 4.26. The average molecular weight is 735 g/mol. The van der Waals surface area contributed by atoms with Crippen molar-refractivity contribution in [1.29, 1.82) is 0 Å². The number of carbonyl (C=O) groups excluding carboxylic acids is 3. The molecular weight excluding hydrogens is 710 g/mol. The Hall–Kier alpha value is -5.35. The van der Waals surface area contributed by atoms with Gasteiger partial charge in [-0.2, -0.15) is 31.0 Å². The molecule has 268 valence electrons. The number of amides is 2. The summed E-state index contributed by atoms with van der Waals surface area (Å²) in [6.45, 7) is -3.33. The standard InChI is InChI=1S/C27H25ClF6N10O6/c28-14-5-3-13(4-6-14)21-41-43(11-18-39-23(20(36)47)44(40-18)22-15(26(29,30)31)2-1-8-37-22)25(49)42(21)10-17(27(32,33)34)50-19(46)7-9-38-24(48)16(35)12-45/h1-6,8,16-17,45H,7,9-12,35H2,(H2,36,47)(H,38,48)/t16-,17-/m0/s1. The summed E-state index contributed by atoms with van der Waals surface area (Å²) in [5.41, 5.74) is 8.14. The van der Waals surface area contributed by atoms with E-state index in [1.807, 2.05) is 0 Å². The van der Waals surface area contributed by atoms with E-state index in [4.69, 9.17) is 28.2 Å². The number of carbonyl (C=O) groups is 3. The summed E-state index contributed by atoms with van der Waals surface area (Å²) in [4.78, 5) is 57.1. The zero-order valence-corrected chi connectivity index (χ0v) is 25.9. The van der Waals surface area contributed by atoms with E-state index in [-0.39, 0.29) is 16.4 Å². The molecule has 0 saturated carbocycles. The highest BCUT2D eigenvalue weighted by atomic mass is 35.5. The van der Waals surface area contributed by atoms with Crippen LogP contribution in [-0.2, 0) is 33.6 Å². The number of esters is 1. The molecule has 6 N–H and O–H groups in total. The summed E-state index contributed by atoms with van der Waals surface area (Å²) in [6.07, 6.45) is -12.9. The van der Waals surface area contributed by atoms with Gasteiger partial charge in [0.1, 0.15) is 18.2 Å². The number of nitrogens with two attached hydrogens (primary N) is 2. The van der Waals surface area contributed by atoms with Gasteiger partial charge in [0.15, 0.2) is 17.5 Å². The summed E-state index contributed by atoms with van der Waals surface area (Å²) >= 11 is 5.93. The van der Waals surface area contributed by atoms with Crippen LogP contribution >= 0.6 is 11.6 Å². The minimum atomic E-state index is -5.23. The SMILES string of the molecule is NC(=O)c1nc(Cn2nc(-c3ccc(Cl)cc3)n(C[C@H](OC(=O)CCNC(=O)[C@@H](N)CO)C(F)(F)F)c2=O)nn1-c1ncccc1C(F)(F)F. The molecule has 2 atom stereocenters. The maximum absolute atomic E-state index is 14.1. The molecule has 0 fully saturated rings. The molecule has 2 amide bonds. The van der Waals surface area contributed by atoms with Crippen molar-refractivity contribution < 1.29 is 50.6 Å². The number of alkyl halides is 6. The second kappa shape index (κ2) is 15.0. The Bertz CT molecular complexity index is 1930. The Balaban J connectivity index is 1.70. The Morgan fingerprint density at radius 2 is 1.74 bits per heavy atom. The monoisotopic (exact) mass is 734 g/mol. The molecule has 4 rings (SSSR count). The maximum Gasteiger partial charge on any atom is 0.427 e. The topological polar surface area (TPSA) is 228 Å². The van der Waals surface area contributed by atoms with Gasteiger partial charge in [0.25, 0.3) is 5.91 Å². The third-order valence-corrected chi connectivity index (χ3v) is 6.88. The maximum atomic E-state index is 14.1. The lowest BCUT2D eigenvalue weighted by molar-refractivity contribution is -0.224. The zero-order valence-electron chi connectivity index (χ0n) is 25.2. The van der Waals surface area contributed by atoms with Gasteiger partial charge >= 0.3 is 24.0 Å². The van der Waals surface area contributed by atoms with Crippen molar-refractivity contribution in [2.75, 3.05) is 13.2 Å². The van der Waals surface area contributed by atoms with Crippen molar-refractivity contribution in [1.82, 2.24) is 39.4 Å². The van der Waals surface area contributed by atoms with Crippen LogP contribution in [0.1, 0.15) is 28.4 Å². The molecule has 23 heteroatoms. The molecule has 0 aliphatic rings. The Labute approximate surface area is 280 Å². The average Bonchev–Trinajstić information content (AvgIpc) is 3.61. The van der Waals surface area contributed by atoms with E-state index in [1.54, 1.807) is 0 Å². The van der Waals surface area contributed by atoms with Gasteiger partial charge < -0.3 is 26.6 Å². The van der Waals surface area contributed by atoms with Gasteiger partial charge in [-0.05, 0) is 36.4 Å². The van der Waals surface area contributed by atoms with E-state index in [2.05, 4.69) is 30.2 Å². The van der Waals surface area contributed by atoms with Gasteiger partial charge in [-0.25, -0.2) is 19.4 Å². The molecule has 3 aromatic heterocycles.